The van der Waals surface area contributed by atoms with E-state index < -0.39 is 47.2 Å². The Bertz CT molecular complexity index is 1620. The Morgan fingerprint density at radius 2 is 1.92 bits per heavy atom. The minimum atomic E-state index is -4.40. The Morgan fingerprint density at radius 1 is 1.18 bits per heavy atom. The van der Waals surface area contributed by atoms with Gasteiger partial charge in [0.25, 0.3) is 16.1 Å². The molecule has 4 atom stereocenters. The van der Waals surface area contributed by atoms with E-state index in [4.69, 9.17) is 9.47 Å². The summed E-state index contributed by atoms with van der Waals surface area (Å²) >= 11 is 0. The van der Waals surface area contributed by atoms with Crippen molar-refractivity contribution < 1.29 is 42.6 Å². The average molecular weight is 562 g/mol. The fraction of sp³-hybridized carbons (Fsp3) is 0.318. The molecule has 0 unspecified atom stereocenters. The Kier molecular flexibility index (Phi) is 7.02. The Balaban J connectivity index is 1.60. The van der Waals surface area contributed by atoms with Gasteiger partial charge in [-0.05, 0) is 31.2 Å². The summed E-state index contributed by atoms with van der Waals surface area (Å²) in [6.45, 7) is 1.30. The molecule has 5 rings (SSSR count). The highest BCUT2D eigenvalue weighted by atomic mass is 32.2. The number of carbonyl (C=O) groups excluding carboxylic acids is 1. The number of carbonyl (C=O) groups is 1. The highest BCUT2D eigenvalue weighted by Crippen LogP contribution is 2.33. The van der Waals surface area contributed by atoms with Crippen LogP contribution < -0.4 is 5.32 Å². The van der Waals surface area contributed by atoms with Gasteiger partial charge in [-0.25, -0.2) is 14.5 Å². The Hall–Kier alpha value is -4.00. The zero-order chi connectivity index (χ0) is 27.9. The maximum atomic E-state index is 12.1. The summed E-state index contributed by atoms with van der Waals surface area (Å²) in [4.78, 5) is 25.1. The molecule has 0 aliphatic carbocycles. The van der Waals surface area contributed by atoms with Gasteiger partial charge in [0.1, 0.15) is 18.3 Å². The second-order valence-electron chi connectivity index (χ2n) is 8.44. The molecule has 16 nitrogen and oxygen atoms in total. The number of fused-ring (bicyclic) bond motifs is 1. The van der Waals surface area contributed by atoms with Gasteiger partial charge in [0.05, 0.1) is 36.2 Å². The van der Waals surface area contributed by atoms with Crippen molar-refractivity contribution >= 4 is 38.8 Å². The van der Waals surface area contributed by atoms with Crippen LogP contribution in [0.25, 0.3) is 17.1 Å². The largest absolute Gasteiger partial charge is 0.462 e. The first-order valence-electron chi connectivity index (χ1n) is 11.5. The monoisotopic (exact) mass is 561 g/mol. The highest BCUT2D eigenvalue weighted by molar-refractivity contribution is 7.85. The van der Waals surface area contributed by atoms with Gasteiger partial charge < -0.3 is 30.1 Å². The molecule has 0 spiro atoms. The average Bonchev–Trinajstić information content (AvgIpc) is 3.62. The summed E-state index contributed by atoms with van der Waals surface area (Å²) in [5, 5.41) is 37.4. The third-order valence-corrected chi connectivity index (χ3v) is 6.78. The number of imidazole rings is 1. The molecular formula is C22H23N7O9S. The molecule has 1 fully saturated rings. The zero-order valence-electron chi connectivity index (χ0n) is 20.2. The van der Waals surface area contributed by atoms with Crippen molar-refractivity contribution in [3.05, 3.63) is 48.5 Å². The lowest BCUT2D eigenvalue weighted by Crippen LogP contribution is -2.33. The fourth-order valence-electron chi connectivity index (χ4n) is 3.99. The van der Waals surface area contributed by atoms with Crippen molar-refractivity contribution in [2.24, 2.45) is 0 Å². The van der Waals surface area contributed by atoms with Crippen LogP contribution in [0.5, 0.6) is 0 Å². The van der Waals surface area contributed by atoms with E-state index in [-0.39, 0.29) is 40.0 Å². The number of benzene rings is 1. The summed E-state index contributed by atoms with van der Waals surface area (Å²) in [6, 6.07) is 5.17. The number of aliphatic hydroxyl groups is 3. The van der Waals surface area contributed by atoms with E-state index in [0.29, 0.717) is 5.69 Å². The number of hydrogen-bond acceptors (Lipinski definition) is 13. The molecule has 4 aromatic rings. The molecule has 1 aromatic carbocycles. The number of rotatable bonds is 8. The van der Waals surface area contributed by atoms with Crippen LogP contribution in [0.4, 0.5) is 11.5 Å². The van der Waals surface area contributed by atoms with Gasteiger partial charge in [0, 0.05) is 11.9 Å². The van der Waals surface area contributed by atoms with Crippen molar-refractivity contribution in [2.45, 2.75) is 36.4 Å². The minimum absolute atomic E-state index is 0.0244. The van der Waals surface area contributed by atoms with Gasteiger partial charge in [-0.2, -0.15) is 23.5 Å². The molecule has 4 heterocycles. The first-order chi connectivity index (χ1) is 18.6. The SMILES string of the molecule is CCOC(=O)c1cnn(-c2nc(Nc3ccc(S(=O)(=O)O)cc3)c3ncn([C@@H]4O[C@H](CO)[C@@H](O)[C@@H]4O)c3n2)c1. The molecule has 0 bridgehead atoms. The summed E-state index contributed by atoms with van der Waals surface area (Å²) in [5.41, 5.74) is 0.865. The molecule has 0 radical (unpaired) electrons. The summed E-state index contributed by atoms with van der Waals surface area (Å²) < 4.78 is 45.2. The van der Waals surface area contributed by atoms with E-state index in [9.17, 15) is 33.1 Å². The van der Waals surface area contributed by atoms with Gasteiger partial charge in [-0.1, -0.05) is 0 Å². The molecule has 0 amide bonds. The van der Waals surface area contributed by atoms with Crippen LogP contribution in [0.3, 0.4) is 0 Å². The third-order valence-electron chi connectivity index (χ3n) is 5.91. The molecular weight excluding hydrogens is 538 g/mol. The molecule has 0 saturated carbocycles. The minimum Gasteiger partial charge on any atom is -0.462 e. The van der Waals surface area contributed by atoms with Gasteiger partial charge in [-0.3, -0.25) is 9.12 Å². The van der Waals surface area contributed by atoms with Crippen molar-refractivity contribution in [2.75, 3.05) is 18.5 Å². The van der Waals surface area contributed by atoms with Gasteiger partial charge >= 0.3 is 5.97 Å². The second kappa shape index (κ2) is 10.3. The normalized spacial score (nSPS) is 21.4. The number of anilines is 2. The number of hydrogen-bond donors (Lipinski definition) is 5. The van der Waals surface area contributed by atoms with Crippen molar-refractivity contribution in [3.63, 3.8) is 0 Å². The van der Waals surface area contributed by atoms with E-state index in [1.165, 1.54) is 52.2 Å². The molecule has 1 aliphatic rings. The summed E-state index contributed by atoms with van der Waals surface area (Å²) in [7, 11) is -4.40. The van der Waals surface area contributed by atoms with E-state index >= 15 is 0 Å². The molecule has 17 heteroatoms. The molecule has 1 saturated heterocycles. The zero-order valence-corrected chi connectivity index (χ0v) is 21.0. The van der Waals surface area contributed by atoms with Gasteiger partial charge in [0.15, 0.2) is 23.2 Å². The lowest BCUT2D eigenvalue weighted by molar-refractivity contribution is -0.0511. The van der Waals surface area contributed by atoms with Crippen LogP contribution in [-0.2, 0) is 19.6 Å². The Morgan fingerprint density at radius 3 is 2.56 bits per heavy atom. The van der Waals surface area contributed by atoms with E-state index in [1.54, 1.807) is 6.92 Å². The number of ether oxygens (including phenoxy) is 2. The van der Waals surface area contributed by atoms with Crippen molar-refractivity contribution in [1.82, 2.24) is 29.3 Å². The maximum absolute atomic E-state index is 12.1. The fourth-order valence-corrected chi connectivity index (χ4v) is 4.47. The lowest BCUT2D eigenvalue weighted by Gasteiger charge is -2.17. The number of nitrogens with zero attached hydrogens (tertiary/aromatic N) is 6. The number of aliphatic hydroxyl groups excluding tert-OH is 3. The second-order valence-corrected chi connectivity index (χ2v) is 9.87. The smallest absolute Gasteiger partial charge is 0.341 e. The topological polar surface area (TPSA) is 224 Å². The van der Waals surface area contributed by atoms with Crippen LogP contribution >= 0.6 is 0 Å². The highest BCUT2D eigenvalue weighted by Gasteiger charge is 2.44. The number of nitrogens with one attached hydrogen (secondary N) is 1. The molecule has 5 N–H and O–H groups in total. The van der Waals surface area contributed by atoms with E-state index in [1.807, 2.05) is 0 Å². The number of esters is 1. The maximum Gasteiger partial charge on any atom is 0.341 e. The lowest BCUT2D eigenvalue weighted by atomic mass is 10.1. The van der Waals surface area contributed by atoms with Gasteiger partial charge in [-0.15, -0.1) is 0 Å². The summed E-state index contributed by atoms with van der Waals surface area (Å²) in [5.74, 6) is -0.490. The standard InChI is InChI=1S/C22H23N7O9S/c1-2-37-21(33)11-7-24-29(8-11)22-26-18(25-12-3-5-13(6-4-12)39(34,35)36)15-19(27-22)28(10-23-15)20-17(32)16(31)14(9-30)38-20/h3-8,10,14,16-17,20,30-32H,2,9H2,1H3,(H,25,26,27)(H,34,35,36)/t14-,16-,17+,20-/m1/s1. The third kappa shape index (κ3) is 5.05. The molecule has 39 heavy (non-hydrogen) atoms. The first kappa shape index (κ1) is 26.6. The number of aromatic nitrogens is 6. The van der Waals surface area contributed by atoms with Crippen molar-refractivity contribution in [3.8, 4) is 5.95 Å². The summed E-state index contributed by atoms with van der Waals surface area (Å²) in [6.07, 6.45) is -1.03. The molecule has 3 aromatic heterocycles. The van der Waals surface area contributed by atoms with Crippen LogP contribution in [0, 0.1) is 0 Å². The quantitative estimate of drug-likeness (QED) is 0.139. The van der Waals surface area contributed by atoms with E-state index in [2.05, 4.69) is 25.4 Å². The van der Waals surface area contributed by atoms with E-state index in [0.717, 1.165) is 0 Å². The van der Waals surface area contributed by atoms with Crippen LogP contribution in [-0.4, -0.2) is 95.1 Å². The van der Waals surface area contributed by atoms with Crippen molar-refractivity contribution in [1.29, 1.82) is 0 Å². The first-order valence-corrected chi connectivity index (χ1v) is 13.0. The van der Waals surface area contributed by atoms with Gasteiger partial charge in [0.2, 0.25) is 0 Å². The molecule has 206 valence electrons. The molecule has 1 aliphatic heterocycles. The predicted molar refractivity (Wildman–Crippen MR) is 131 cm³/mol. The van der Waals surface area contributed by atoms with Crippen LogP contribution in [0.1, 0.15) is 23.5 Å². The predicted octanol–water partition coefficient (Wildman–Crippen LogP) is -0.210. The van der Waals surface area contributed by atoms with Crippen LogP contribution in [0.2, 0.25) is 0 Å². The van der Waals surface area contributed by atoms with Crippen LogP contribution in [0.15, 0.2) is 47.9 Å². The Labute approximate surface area is 220 Å².